The van der Waals surface area contributed by atoms with E-state index in [1.165, 1.54) is 12.8 Å². The van der Waals surface area contributed by atoms with Gasteiger partial charge in [-0.1, -0.05) is 13.8 Å². The Labute approximate surface area is 106 Å². The molecule has 1 fully saturated rings. The topological polar surface area (TPSA) is 41.7 Å². The number of rotatable bonds is 7. The second-order valence-corrected chi connectivity index (χ2v) is 5.01. The van der Waals surface area contributed by atoms with Gasteiger partial charge in [0.2, 0.25) is 0 Å². The number of ether oxygens (including phenoxy) is 1. The van der Waals surface area contributed by atoms with E-state index in [1.807, 2.05) is 0 Å². The van der Waals surface area contributed by atoms with Crippen LogP contribution in [-0.2, 0) is 4.74 Å². The zero-order chi connectivity index (χ0) is 12.7. The monoisotopic (exact) mass is 243 g/mol. The second-order valence-electron chi connectivity index (χ2n) is 5.01. The lowest BCUT2D eigenvalue weighted by molar-refractivity contribution is -0.0414. The Hall–Kier alpha value is -0.160. The molecule has 4 heteroatoms. The Morgan fingerprint density at radius 1 is 1.41 bits per heavy atom. The molecule has 102 valence electrons. The minimum absolute atomic E-state index is 0.348. The summed E-state index contributed by atoms with van der Waals surface area (Å²) < 4.78 is 5.84. The van der Waals surface area contributed by atoms with Crippen molar-refractivity contribution >= 4 is 0 Å². The Balaban J connectivity index is 2.46. The number of morpholine rings is 1. The molecule has 0 aromatic heterocycles. The third-order valence-corrected chi connectivity index (χ3v) is 3.66. The number of nitrogens with zero attached hydrogens (tertiary/aromatic N) is 2. The van der Waals surface area contributed by atoms with Crippen molar-refractivity contribution in [1.82, 2.24) is 9.80 Å². The summed E-state index contributed by atoms with van der Waals surface area (Å²) in [6.45, 7) is 10.2. The van der Waals surface area contributed by atoms with Crippen LogP contribution in [0.1, 0.15) is 26.7 Å². The Bertz CT molecular complexity index is 197. The molecule has 1 unspecified atom stereocenters. The number of nitrogens with two attached hydrogens (primary N) is 1. The average molecular weight is 243 g/mol. The number of likely N-dealkylation sites (N-methyl/N-ethyl adjacent to an activating group) is 1. The van der Waals surface area contributed by atoms with Gasteiger partial charge < -0.3 is 15.4 Å². The van der Waals surface area contributed by atoms with E-state index in [4.69, 9.17) is 10.5 Å². The van der Waals surface area contributed by atoms with Crippen molar-refractivity contribution in [1.29, 1.82) is 0 Å². The maximum atomic E-state index is 5.84. The van der Waals surface area contributed by atoms with Crippen molar-refractivity contribution in [3.05, 3.63) is 0 Å². The van der Waals surface area contributed by atoms with Gasteiger partial charge in [-0.3, -0.25) is 4.90 Å². The van der Waals surface area contributed by atoms with E-state index in [2.05, 4.69) is 30.7 Å². The molecule has 17 heavy (non-hydrogen) atoms. The van der Waals surface area contributed by atoms with E-state index < -0.39 is 0 Å². The van der Waals surface area contributed by atoms with E-state index in [1.54, 1.807) is 0 Å². The van der Waals surface area contributed by atoms with Crippen molar-refractivity contribution in [3.8, 4) is 0 Å². The fraction of sp³-hybridized carbons (Fsp3) is 1.00. The van der Waals surface area contributed by atoms with Gasteiger partial charge in [-0.15, -0.1) is 0 Å². The van der Waals surface area contributed by atoms with Crippen molar-refractivity contribution in [3.63, 3.8) is 0 Å². The van der Waals surface area contributed by atoms with Crippen LogP contribution in [0.25, 0.3) is 0 Å². The molecule has 1 saturated heterocycles. The van der Waals surface area contributed by atoms with Crippen LogP contribution in [0.15, 0.2) is 0 Å². The predicted molar refractivity (Wildman–Crippen MR) is 72.2 cm³/mol. The zero-order valence-electron chi connectivity index (χ0n) is 11.7. The zero-order valence-corrected chi connectivity index (χ0v) is 11.7. The van der Waals surface area contributed by atoms with Crippen molar-refractivity contribution < 1.29 is 4.74 Å². The van der Waals surface area contributed by atoms with Crippen molar-refractivity contribution in [2.24, 2.45) is 5.73 Å². The number of hydrogen-bond donors (Lipinski definition) is 1. The molecule has 0 spiro atoms. The Kier molecular flexibility index (Phi) is 7.04. The summed E-state index contributed by atoms with van der Waals surface area (Å²) in [5.74, 6) is 0. The minimum atomic E-state index is 0.348. The van der Waals surface area contributed by atoms with E-state index in [0.717, 1.165) is 39.3 Å². The normalized spacial score (nSPS) is 22.6. The summed E-state index contributed by atoms with van der Waals surface area (Å²) in [6, 6.07) is 0.648. The minimum Gasteiger partial charge on any atom is -0.374 e. The standard InChI is InChI=1S/C13H29N3O/c1-4-12(5-2)16(7-6-14)11-13-10-15(3)8-9-17-13/h12-13H,4-11,14H2,1-3H3. The molecule has 4 nitrogen and oxygen atoms in total. The fourth-order valence-corrected chi connectivity index (χ4v) is 2.63. The third kappa shape index (κ3) is 4.92. The number of hydrogen-bond acceptors (Lipinski definition) is 4. The first-order valence-corrected chi connectivity index (χ1v) is 6.95. The fourth-order valence-electron chi connectivity index (χ4n) is 2.63. The van der Waals surface area contributed by atoms with Crippen molar-refractivity contribution in [2.75, 3.05) is 46.4 Å². The van der Waals surface area contributed by atoms with E-state index >= 15 is 0 Å². The van der Waals surface area contributed by atoms with Gasteiger partial charge in [0.1, 0.15) is 0 Å². The molecule has 1 atom stereocenters. The first-order chi connectivity index (χ1) is 8.21. The molecule has 0 aliphatic carbocycles. The molecule has 1 rings (SSSR count). The lowest BCUT2D eigenvalue weighted by Gasteiger charge is -2.37. The lowest BCUT2D eigenvalue weighted by Crippen LogP contribution is -2.49. The molecule has 0 aromatic rings. The Morgan fingerprint density at radius 2 is 2.12 bits per heavy atom. The van der Waals surface area contributed by atoms with Gasteiger partial charge in [0, 0.05) is 38.8 Å². The van der Waals surface area contributed by atoms with Crippen LogP contribution in [-0.4, -0.2) is 68.3 Å². The highest BCUT2D eigenvalue weighted by Crippen LogP contribution is 2.12. The van der Waals surface area contributed by atoms with E-state index in [-0.39, 0.29) is 0 Å². The van der Waals surface area contributed by atoms with Gasteiger partial charge in [0.15, 0.2) is 0 Å². The van der Waals surface area contributed by atoms with Crippen LogP contribution in [0, 0.1) is 0 Å². The quantitative estimate of drug-likeness (QED) is 0.717. The summed E-state index contributed by atoms with van der Waals surface area (Å²) in [6.07, 6.45) is 2.74. The van der Waals surface area contributed by atoms with E-state index in [9.17, 15) is 0 Å². The van der Waals surface area contributed by atoms with Gasteiger partial charge in [0.25, 0.3) is 0 Å². The molecule has 0 amide bonds. The van der Waals surface area contributed by atoms with Crippen molar-refractivity contribution in [2.45, 2.75) is 38.8 Å². The Morgan fingerprint density at radius 3 is 2.65 bits per heavy atom. The predicted octanol–water partition coefficient (Wildman–Crippen LogP) is 0.766. The second kappa shape index (κ2) is 8.03. The van der Waals surface area contributed by atoms with Crippen LogP contribution >= 0.6 is 0 Å². The summed E-state index contributed by atoms with van der Waals surface area (Å²) in [7, 11) is 2.17. The van der Waals surface area contributed by atoms with Gasteiger partial charge in [0.05, 0.1) is 12.7 Å². The van der Waals surface area contributed by atoms with Gasteiger partial charge >= 0.3 is 0 Å². The van der Waals surface area contributed by atoms with Crippen LogP contribution in [0.3, 0.4) is 0 Å². The summed E-state index contributed by atoms with van der Waals surface area (Å²) >= 11 is 0. The van der Waals surface area contributed by atoms with E-state index in [0.29, 0.717) is 12.1 Å². The molecule has 1 heterocycles. The van der Waals surface area contributed by atoms with Crippen LogP contribution in [0.5, 0.6) is 0 Å². The highest BCUT2D eigenvalue weighted by Gasteiger charge is 2.23. The molecule has 0 bridgehead atoms. The first kappa shape index (κ1) is 14.9. The molecule has 2 N–H and O–H groups in total. The maximum absolute atomic E-state index is 5.84. The molecular weight excluding hydrogens is 214 g/mol. The van der Waals surface area contributed by atoms with Gasteiger partial charge in [-0.25, -0.2) is 0 Å². The highest BCUT2D eigenvalue weighted by atomic mass is 16.5. The van der Waals surface area contributed by atoms with Crippen LogP contribution < -0.4 is 5.73 Å². The molecular formula is C13H29N3O. The van der Waals surface area contributed by atoms with Crippen LogP contribution in [0.2, 0.25) is 0 Å². The average Bonchev–Trinajstić information content (AvgIpc) is 2.31. The lowest BCUT2D eigenvalue weighted by atomic mass is 10.1. The SMILES string of the molecule is CCC(CC)N(CCN)CC1CN(C)CCO1. The molecule has 0 aromatic carbocycles. The van der Waals surface area contributed by atoms with Gasteiger partial charge in [-0.2, -0.15) is 0 Å². The molecule has 0 radical (unpaired) electrons. The van der Waals surface area contributed by atoms with Gasteiger partial charge in [-0.05, 0) is 19.9 Å². The molecule has 1 aliphatic rings. The highest BCUT2D eigenvalue weighted by molar-refractivity contribution is 4.77. The maximum Gasteiger partial charge on any atom is 0.0829 e. The largest absolute Gasteiger partial charge is 0.374 e. The summed E-state index contributed by atoms with van der Waals surface area (Å²) in [5, 5.41) is 0. The first-order valence-electron chi connectivity index (χ1n) is 6.95. The summed E-state index contributed by atoms with van der Waals surface area (Å²) in [4.78, 5) is 4.85. The van der Waals surface area contributed by atoms with Crippen LogP contribution in [0.4, 0.5) is 0 Å². The molecule has 0 saturated carbocycles. The molecule has 1 aliphatic heterocycles. The third-order valence-electron chi connectivity index (χ3n) is 3.66. The summed E-state index contributed by atoms with van der Waals surface area (Å²) in [5.41, 5.74) is 5.72. The smallest absolute Gasteiger partial charge is 0.0829 e.